The molecule has 7 heteroatoms. The van der Waals surface area contributed by atoms with Crippen LogP contribution in [-0.4, -0.2) is 28.5 Å². The van der Waals surface area contributed by atoms with E-state index in [0.29, 0.717) is 21.6 Å². The Labute approximate surface area is 174 Å². The van der Waals surface area contributed by atoms with Gasteiger partial charge in [0.15, 0.2) is 0 Å². The van der Waals surface area contributed by atoms with Crippen LogP contribution in [0.5, 0.6) is 0 Å². The van der Waals surface area contributed by atoms with E-state index in [1.54, 1.807) is 18.2 Å². The molecular weight excluding hydrogens is 388 g/mol. The molecule has 29 heavy (non-hydrogen) atoms. The summed E-state index contributed by atoms with van der Waals surface area (Å²) in [6.07, 6.45) is 5.20. The van der Waals surface area contributed by atoms with E-state index in [2.05, 4.69) is 15.2 Å². The lowest BCUT2D eigenvalue weighted by Gasteiger charge is -2.30. The Morgan fingerprint density at radius 1 is 1.10 bits per heavy atom. The molecule has 1 fully saturated rings. The first-order valence-electron chi connectivity index (χ1n) is 9.90. The lowest BCUT2D eigenvalue weighted by atomic mass is 10.1. The molecule has 1 aliphatic rings. The van der Waals surface area contributed by atoms with Gasteiger partial charge in [0.05, 0.1) is 28.6 Å². The van der Waals surface area contributed by atoms with Crippen LogP contribution in [0.2, 0.25) is 5.02 Å². The number of halogens is 1. The zero-order chi connectivity index (χ0) is 20.2. The van der Waals surface area contributed by atoms with Gasteiger partial charge in [0.25, 0.3) is 5.56 Å². The van der Waals surface area contributed by atoms with Crippen LogP contribution in [0.4, 0.5) is 11.4 Å². The number of rotatable bonds is 5. The molecule has 2 aromatic carbocycles. The predicted molar refractivity (Wildman–Crippen MR) is 117 cm³/mol. The van der Waals surface area contributed by atoms with Gasteiger partial charge in [-0.05, 0) is 49.6 Å². The van der Waals surface area contributed by atoms with Crippen LogP contribution in [-0.2, 0) is 11.3 Å². The third kappa shape index (κ3) is 4.43. The standard InChI is InChI=1S/C22H23ClN4O2/c23-16-8-9-20(26-11-4-1-5-12-26)19(14-16)25-21(28)10-13-27-15-24-18-7-3-2-6-17(18)22(27)29/h2-3,6-9,14-15H,1,4-5,10-13H2,(H,25,28). The molecule has 1 aliphatic heterocycles. The number of piperidine rings is 1. The number of fused-ring (bicyclic) bond motifs is 1. The largest absolute Gasteiger partial charge is 0.370 e. The minimum absolute atomic E-state index is 0.139. The highest BCUT2D eigenvalue weighted by molar-refractivity contribution is 6.31. The molecule has 1 N–H and O–H groups in total. The Morgan fingerprint density at radius 3 is 2.72 bits per heavy atom. The highest BCUT2D eigenvalue weighted by Gasteiger charge is 2.16. The van der Waals surface area contributed by atoms with Gasteiger partial charge in [0.1, 0.15) is 0 Å². The van der Waals surface area contributed by atoms with Crippen LogP contribution in [0.15, 0.2) is 53.6 Å². The smallest absolute Gasteiger partial charge is 0.261 e. The highest BCUT2D eigenvalue weighted by Crippen LogP contribution is 2.31. The van der Waals surface area contributed by atoms with E-state index in [-0.39, 0.29) is 24.4 Å². The van der Waals surface area contributed by atoms with Crippen molar-refractivity contribution in [2.45, 2.75) is 32.2 Å². The number of para-hydroxylation sites is 1. The molecular formula is C22H23ClN4O2. The molecule has 2 heterocycles. The minimum Gasteiger partial charge on any atom is -0.370 e. The van der Waals surface area contributed by atoms with E-state index >= 15 is 0 Å². The van der Waals surface area contributed by atoms with Crippen LogP contribution in [0.25, 0.3) is 10.9 Å². The first kappa shape index (κ1) is 19.5. The monoisotopic (exact) mass is 410 g/mol. The maximum Gasteiger partial charge on any atom is 0.261 e. The van der Waals surface area contributed by atoms with Gasteiger partial charge in [0.2, 0.25) is 5.91 Å². The molecule has 6 nitrogen and oxygen atoms in total. The number of carbonyl (C=O) groups excluding carboxylic acids is 1. The fourth-order valence-corrected chi connectivity index (χ4v) is 3.89. The Balaban J connectivity index is 1.47. The third-order valence-electron chi connectivity index (χ3n) is 5.24. The molecule has 0 aliphatic carbocycles. The van der Waals surface area contributed by atoms with Crippen molar-refractivity contribution in [1.29, 1.82) is 0 Å². The molecule has 4 rings (SSSR count). The van der Waals surface area contributed by atoms with Crippen molar-refractivity contribution in [2.75, 3.05) is 23.3 Å². The van der Waals surface area contributed by atoms with Crippen LogP contribution >= 0.6 is 11.6 Å². The van der Waals surface area contributed by atoms with E-state index in [4.69, 9.17) is 11.6 Å². The van der Waals surface area contributed by atoms with Crippen molar-refractivity contribution in [3.8, 4) is 0 Å². The predicted octanol–water partition coefficient (Wildman–Crippen LogP) is 4.07. The zero-order valence-electron chi connectivity index (χ0n) is 16.1. The highest BCUT2D eigenvalue weighted by atomic mass is 35.5. The Bertz CT molecular complexity index is 1090. The van der Waals surface area contributed by atoms with Crippen molar-refractivity contribution in [3.05, 3.63) is 64.2 Å². The SMILES string of the molecule is O=C(CCn1cnc2ccccc2c1=O)Nc1cc(Cl)ccc1N1CCCCC1. The van der Waals surface area contributed by atoms with Crippen LogP contribution < -0.4 is 15.8 Å². The molecule has 1 amide bonds. The quantitative estimate of drug-likeness (QED) is 0.688. The number of hydrogen-bond acceptors (Lipinski definition) is 4. The summed E-state index contributed by atoms with van der Waals surface area (Å²) in [6, 6.07) is 12.8. The van der Waals surface area contributed by atoms with Gasteiger partial charge in [-0.25, -0.2) is 4.98 Å². The summed E-state index contributed by atoms with van der Waals surface area (Å²) < 4.78 is 1.48. The zero-order valence-corrected chi connectivity index (χ0v) is 16.9. The van der Waals surface area contributed by atoms with E-state index in [1.165, 1.54) is 17.3 Å². The molecule has 3 aromatic rings. The molecule has 0 radical (unpaired) electrons. The van der Waals surface area contributed by atoms with Gasteiger partial charge in [0, 0.05) is 31.1 Å². The number of nitrogens with one attached hydrogen (secondary N) is 1. The normalized spacial score (nSPS) is 14.2. The van der Waals surface area contributed by atoms with Crippen molar-refractivity contribution < 1.29 is 4.79 Å². The van der Waals surface area contributed by atoms with Gasteiger partial charge in [-0.15, -0.1) is 0 Å². The number of amides is 1. The topological polar surface area (TPSA) is 67.2 Å². The van der Waals surface area contributed by atoms with Gasteiger partial charge < -0.3 is 10.2 Å². The molecule has 150 valence electrons. The van der Waals surface area contributed by atoms with E-state index in [0.717, 1.165) is 31.6 Å². The molecule has 0 bridgehead atoms. The minimum atomic E-state index is -0.161. The molecule has 0 saturated carbocycles. The summed E-state index contributed by atoms with van der Waals surface area (Å²) in [5.41, 5.74) is 2.23. The van der Waals surface area contributed by atoms with E-state index in [1.807, 2.05) is 24.3 Å². The summed E-state index contributed by atoms with van der Waals surface area (Å²) in [5.74, 6) is -0.161. The lowest BCUT2D eigenvalue weighted by Crippen LogP contribution is -2.30. The van der Waals surface area contributed by atoms with Gasteiger partial charge in [-0.2, -0.15) is 0 Å². The number of nitrogens with zero attached hydrogens (tertiary/aromatic N) is 3. The first-order valence-corrected chi connectivity index (χ1v) is 10.3. The molecule has 1 saturated heterocycles. The first-order chi connectivity index (χ1) is 14.1. The van der Waals surface area contributed by atoms with Gasteiger partial charge in [-0.1, -0.05) is 23.7 Å². The Hall–Kier alpha value is -2.86. The molecule has 1 aromatic heterocycles. The average Bonchev–Trinajstić information content (AvgIpc) is 2.74. The molecule has 0 spiro atoms. The number of anilines is 2. The number of aromatic nitrogens is 2. The fourth-order valence-electron chi connectivity index (χ4n) is 3.72. The van der Waals surface area contributed by atoms with Crippen molar-refractivity contribution >= 4 is 39.8 Å². The second-order valence-electron chi connectivity index (χ2n) is 7.27. The number of carbonyl (C=O) groups is 1. The Kier molecular flexibility index (Phi) is 5.81. The number of hydrogen-bond donors (Lipinski definition) is 1. The van der Waals surface area contributed by atoms with Gasteiger partial charge in [-0.3, -0.25) is 14.2 Å². The third-order valence-corrected chi connectivity index (χ3v) is 5.48. The Morgan fingerprint density at radius 2 is 1.90 bits per heavy atom. The lowest BCUT2D eigenvalue weighted by molar-refractivity contribution is -0.116. The van der Waals surface area contributed by atoms with Crippen molar-refractivity contribution in [3.63, 3.8) is 0 Å². The average molecular weight is 411 g/mol. The van der Waals surface area contributed by atoms with Crippen LogP contribution in [0.1, 0.15) is 25.7 Å². The summed E-state index contributed by atoms with van der Waals surface area (Å²) >= 11 is 6.16. The summed E-state index contributed by atoms with van der Waals surface area (Å²) in [5, 5.41) is 4.11. The van der Waals surface area contributed by atoms with Crippen LogP contribution in [0, 0.1) is 0 Å². The summed E-state index contributed by atoms with van der Waals surface area (Å²) in [6.45, 7) is 2.22. The fraction of sp³-hybridized carbons (Fsp3) is 0.318. The van der Waals surface area contributed by atoms with E-state index < -0.39 is 0 Å². The van der Waals surface area contributed by atoms with Crippen molar-refractivity contribution in [1.82, 2.24) is 9.55 Å². The number of benzene rings is 2. The summed E-state index contributed by atoms with van der Waals surface area (Å²) in [7, 11) is 0. The van der Waals surface area contributed by atoms with Crippen molar-refractivity contribution in [2.24, 2.45) is 0 Å². The summed E-state index contributed by atoms with van der Waals surface area (Å²) in [4.78, 5) is 31.8. The second-order valence-corrected chi connectivity index (χ2v) is 7.70. The van der Waals surface area contributed by atoms with E-state index in [9.17, 15) is 9.59 Å². The maximum atomic E-state index is 12.6. The molecule has 0 unspecified atom stereocenters. The van der Waals surface area contributed by atoms with Gasteiger partial charge >= 0.3 is 0 Å². The van der Waals surface area contributed by atoms with Crippen LogP contribution in [0.3, 0.4) is 0 Å². The number of aryl methyl sites for hydroxylation is 1. The second kappa shape index (κ2) is 8.66. The maximum absolute atomic E-state index is 12.6. The molecule has 0 atom stereocenters.